The number of rotatable bonds is 6. The van der Waals surface area contributed by atoms with E-state index in [0.717, 1.165) is 17.5 Å². The average molecular weight is 318 g/mol. The Morgan fingerprint density at radius 1 is 1.25 bits per heavy atom. The Balaban J connectivity index is 3.41. The van der Waals surface area contributed by atoms with Gasteiger partial charge < -0.3 is 0 Å². The van der Waals surface area contributed by atoms with Crippen LogP contribution in [0.2, 0.25) is 0 Å². The van der Waals surface area contributed by atoms with Crippen LogP contribution < -0.4 is 0 Å². The van der Waals surface area contributed by atoms with E-state index in [4.69, 9.17) is 11.6 Å². The van der Waals surface area contributed by atoms with Crippen LogP contribution in [0.25, 0.3) is 0 Å². The van der Waals surface area contributed by atoms with Crippen LogP contribution in [0.4, 0.5) is 0 Å². The third-order valence-corrected chi connectivity index (χ3v) is 6.48. The molecule has 0 amide bonds. The highest BCUT2D eigenvalue weighted by Gasteiger charge is 2.33. The number of halogens is 1. The Labute approximate surface area is 128 Å². The third-order valence-electron chi connectivity index (χ3n) is 4.02. The van der Waals surface area contributed by atoms with Crippen molar-refractivity contribution in [2.45, 2.75) is 56.9 Å². The van der Waals surface area contributed by atoms with Crippen molar-refractivity contribution in [1.29, 1.82) is 0 Å². The lowest BCUT2D eigenvalue weighted by Gasteiger charge is -2.34. The van der Waals surface area contributed by atoms with Gasteiger partial charge in [-0.25, -0.2) is 8.42 Å². The fraction of sp³-hybridized carbons (Fsp3) is 0.600. The summed E-state index contributed by atoms with van der Waals surface area (Å²) in [7, 11) is -1.86. The SMILES string of the molecule is CCc1ccc(CCl)cc1S(=O)(=O)N(C)C(C)(C)CC. The molecule has 0 N–H and O–H groups in total. The predicted molar refractivity (Wildman–Crippen MR) is 84.7 cm³/mol. The van der Waals surface area contributed by atoms with Crippen LogP contribution in [0.3, 0.4) is 0 Å². The van der Waals surface area contributed by atoms with Crippen molar-refractivity contribution in [3.63, 3.8) is 0 Å². The van der Waals surface area contributed by atoms with Gasteiger partial charge in [0.15, 0.2) is 0 Å². The second kappa shape index (κ2) is 6.46. The van der Waals surface area contributed by atoms with Crippen molar-refractivity contribution in [3.8, 4) is 0 Å². The van der Waals surface area contributed by atoms with Gasteiger partial charge in [-0.3, -0.25) is 0 Å². The number of aryl methyl sites for hydroxylation is 1. The molecule has 114 valence electrons. The lowest BCUT2D eigenvalue weighted by Crippen LogP contribution is -2.44. The fourth-order valence-electron chi connectivity index (χ4n) is 1.91. The minimum atomic E-state index is -3.51. The predicted octanol–water partition coefficient (Wildman–Crippen LogP) is 3.80. The first-order chi connectivity index (χ1) is 9.20. The Kier molecular flexibility index (Phi) is 5.64. The first-order valence-corrected chi connectivity index (χ1v) is 8.85. The van der Waals surface area contributed by atoms with Gasteiger partial charge in [-0.05, 0) is 43.9 Å². The second-order valence-electron chi connectivity index (χ2n) is 5.57. The second-order valence-corrected chi connectivity index (χ2v) is 7.77. The van der Waals surface area contributed by atoms with Crippen LogP contribution >= 0.6 is 11.6 Å². The van der Waals surface area contributed by atoms with E-state index in [0.29, 0.717) is 17.2 Å². The minimum Gasteiger partial charge on any atom is -0.207 e. The highest BCUT2D eigenvalue weighted by molar-refractivity contribution is 7.89. The molecule has 0 saturated heterocycles. The molecule has 0 aromatic heterocycles. The average Bonchev–Trinajstić information content (AvgIpc) is 2.45. The molecule has 0 aliphatic carbocycles. The minimum absolute atomic E-state index is 0.313. The number of hydrogen-bond acceptors (Lipinski definition) is 2. The van der Waals surface area contributed by atoms with Crippen LogP contribution in [0, 0.1) is 0 Å². The van der Waals surface area contributed by atoms with Crippen LogP contribution in [0.15, 0.2) is 23.1 Å². The largest absolute Gasteiger partial charge is 0.243 e. The van der Waals surface area contributed by atoms with E-state index < -0.39 is 15.6 Å². The highest BCUT2D eigenvalue weighted by Crippen LogP contribution is 2.28. The lowest BCUT2D eigenvalue weighted by molar-refractivity contribution is 0.257. The normalized spacial score (nSPS) is 12.9. The van der Waals surface area contributed by atoms with Gasteiger partial charge >= 0.3 is 0 Å². The summed E-state index contributed by atoms with van der Waals surface area (Å²) >= 11 is 5.83. The quantitative estimate of drug-likeness (QED) is 0.748. The summed E-state index contributed by atoms with van der Waals surface area (Å²) in [6, 6.07) is 5.44. The molecule has 0 radical (unpaired) electrons. The molecule has 0 aliphatic heterocycles. The van der Waals surface area contributed by atoms with E-state index in [1.165, 1.54) is 4.31 Å². The summed E-state index contributed by atoms with van der Waals surface area (Å²) < 4.78 is 27.2. The maximum absolute atomic E-state index is 12.9. The molecule has 20 heavy (non-hydrogen) atoms. The number of nitrogens with zero attached hydrogens (tertiary/aromatic N) is 1. The number of sulfonamides is 1. The zero-order valence-electron chi connectivity index (χ0n) is 12.9. The van der Waals surface area contributed by atoms with Gasteiger partial charge in [-0.1, -0.05) is 26.0 Å². The van der Waals surface area contributed by atoms with Crippen molar-refractivity contribution in [1.82, 2.24) is 4.31 Å². The van der Waals surface area contributed by atoms with Crippen LogP contribution in [-0.4, -0.2) is 25.3 Å². The first-order valence-electron chi connectivity index (χ1n) is 6.87. The van der Waals surface area contributed by atoms with Gasteiger partial charge in [0.25, 0.3) is 0 Å². The molecule has 0 spiro atoms. The summed E-state index contributed by atoms with van der Waals surface area (Å²) in [6.07, 6.45) is 1.43. The number of hydrogen-bond donors (Lipinski definition) is 0. The van der Waals surface area contributed by atoms with Gasteiger partial charge in [0, 0.05) is 18.5 Å². The van der Waals surface area contributed by atoms with Crippen molar-refractivity contribution in [2.24, 2.45) is 0 Å². The Morgan fingerprint density at radius 3 is 2.30 bits per heavy atom. The van der Waals surface area contributed by atoms with Crippen LogP contribution in [0.5, 0.6) is 0 Å². The zero-order chi connectivity index (χ0) is 15.6. The topological polar surface area (TPSA) is 37.4 Å². The smallest absolute Gasteiger partial charge is 0.207 e. The molecule has 5 heteroatoms. The monoisotopic (exact) mass is 317 g/mol. The molecule has 0 heterocycles. The Bertz CT molecular complexity index is 567. The molecular weight excluding hydrogens is 294 g/mol. The summed E-state index contributed by atoms with van der Waals surface area (Å²) in [4.78, 5) is 0.377. The van der Waals surface area contributed by atoms with E-state index >= 15 is 0 Å². The molecule has 0 aliphatic rings. The maximum atomic E-state index is 12.9. The highest BCUT2D eigenvalue weighted by atomic mass is 35.5. The van der Waals surface area contributed by atoms with E-state index in [1.807, 2.05) is 39.8 Å². The number of alkyl halides is 1. The summed E-state index contributed by atoms with van der Waals surface area (Å²) in [5, 5.41) is 0. The Hall–Kier alpha value is -0.580. The summed E-state index contributed by atoms with van der Waals surface area (Å²) in [6.45, 7) is 7.81. The zero-order valence-corrected chi connectivity index (χ0v) is 14.5. The summed E-state index contributed by atoms with van der Waals surface area (Å²) in [5.74, 6) is 0.313. The van der Waals surface area contributed by atoms with Crippen LogP contribution in [0.1, 0.15) is 45.2 Å². The van der Waals surface area contributed by atoms with Gasteiger partial charge in [0.05, 0.1) is 4.90 Å². The molecule has 0 unspecified atom stereocenters. The van der Waals surface area contributed by atoms with Crippen molar-refractivity contribution < 1.29 is 8.42 Å². The maximum Gasteiger partial charge on any atom is 0.243 e. The van der Waals surface area contributed by atoms with Gasteiger partial charge in [0.1, 0.15) is 0 Å². The van der Waals surface area contributed by atoms with E-state index in [1.54, 1.807) is 13.1 Å². The molecule has 0 fully saturated rings. The fourth-order valence-corrected chi connectivity index (χ4v) is 3.99. The van der Waals surface area contributed by atoms with Crippen molar-refractivity contribution in [2.75, 3.05) is 7.05 Å². The molecule has 3 nitrogen and oxygen atoms in total. The summed E-state index contributed by atoms with van der Waals surface area (Å²) in [5.41, 5.74) is 1.24. The van der Waals surface area contributed by atoms with Gasteiger partial charge in [-0.15, -0.1) is 11.6 Å². The third kappa shape index (κ3) is 3.35. The van der Waals surface area contributed by atoms with E-state index in [9.17, 15) is 8.42 Å². The van der Waals surface area contributed by atoms with E-state index in [-0.39, 0.29) is 0 Å². The molecule has 1 rings (SSSR count). The Morgan fingerprint density at radius 2 is 1.85 bits per heavy atom. The molecule has 0 bridgehead atoms. The molecular formula is C15H24ClNO2S. The lowest BCUT2D eigenvalue weighted by atomic mass is 10.0. The van der Waals surface area contributed by atoms with Crippen molar-refractivity contribution in [3.05, 3.63) is 29.3 Å². The molecule has 0 saturated carbocycles. The standard InChI is InChI=1S/C15H24ClNO2S/c1-6-13-9-8-12(11-16)10-14(13)20(18,19)17(5)15(3,4)7-2/h8-10H,6-7,11H2,1-5H3. The van der Waals surface area contributed by atoms with E-state index in [2.05, 4.69) is 0 Å². The molecule has 1 aromatic rings. The van der Waals surface area contributed by atoms with Gasteiger partial charge in [0.2, 0.25) is 10.0 Å². The van der Waals surface area contributed by atoms with Crippen molar-refractivity contribution >= 4 is 21.6 Å². The van der Waals surface area contributed by atoms with Crippen LogP contribution in [-0.2, 0) is 22.3 Å². The number of benzene rings is 1. The van der Waals surface area contributed by atoms with Gasteiger partial charge in [-0.2, -0.15) is 4.31 Å². The molecule has 1 aromatic carbocycles. The first kappa shape index (κ1) is 17.5. The molecule has 0 atom stereocenters.